The van der Waals surface area contributed by atoms with Crippen molar-refractivity contribution in [1.82, 2.24) is 0 Å². The Morgan fingerprint density at radius 3 is 2.63 bits per heavy atom. The Kier molecular flexibility index (Phi) is 7.00. The maximum atomic E-state index is 12.0. The normalized spacial score (nSPS) is 29.4. The molecule has 1 aliphatic carbocycles. The molecule has 2 aliphatic rings. The molecule has 1 heterocycles. The summed E-state index contributed by atoms with van der Waals surface area (Å²) in [5.74, 6) is -0.601. The number of ether oxygens (including phenoxy) is 1. The lowest BCUT2D eigenvalue weighted by molar-refractivity contribution is -0.134. The number of hydrogen-bond donors (Lipinski definition) is 3. The molecule has 0 saturated heterocycles. The summed E-state index contributed by atoms with van der Waals surface area (Å²) in [4.78, 5) is 22.8. The molecule has 6 nitrogen and oxygen atoms in total. The second-order valence-corrected chi connectivity index (χ2v) is 7.78. The number of allylic oxidation sites excluding steroid dienone is 3. The van der Waals surface area contributed by atoms with Crippen molar-refractivity contribution in [1.29, 1.82) is 0 Å². The fraction of sp³-hybridized carbons (Fsp3) is 0.619. The van der Waals surface area contributed by atoms with Gasteiger partial charge in [0, 0.05) is 24.0 Å². The van der Waals surface area contributed by atoms with Gasteiger partial charge in [-0.15, -0.1) is 0 Å². The summed E-state index contributed by atoms with van der Waals surface area (Å²) in [5, 5.41) is 29.5. The zero-order valence-electron chi connectivity index (χ0n) is 16.3. The second kappa shape index (κ2) is 8.85. The molecular formula is C21H30O6. The van der Waals surface area contributed by atoms with Gasteiger partial charge in [-0.3, -0.25) is 4.79 Å². The van der Waals surface area contributed by atoms with E-state index in [9.17, 15) is 19.8 Å². The number of aliphatic carboxylic acids is 1. The van der Waals surface area contributed by atoms with Gasteiger partial charge >= 0.3 is 5.97 Å². The van der Waals surface area contributed by atoms with Gasteiger partial charge in [0.05, 0.1) is 6.10 Å². The van der Waals surface area contributed by atoms with Crippen molar-refractivity contribution in [3.05, 3.63) is 34.6 Å². The predicted octanol–water partition coefficient (Wildman–Crippen LogP) is 3.04. The minimum Gasteiger partial charge on any atom is -0.486 e. The third kappa shape index (κ3) is 5.30. The van der Waals surface area contributed by atoms with Gasteiger partial charge < -0.3 is 20.1 Å². The summed E-state index contributed by atoms with van der Waals surface area (Å²) >= 11 is 0. The van der Waals surface area contributed by atoms with Crippen LogP contribution in [0.5, 0.6) is 0 Å². The summed E-state index contributed by atoms with van der Waals surface area (Å²) < 4.78 is 5.95. The molecule has 0 spiro atoms. The molecule has 0 aromatic rings. The molecular weight excluding hydrogens is 348 g/mol. The first-order valence-electron chi connectivity index (χ1n) is 9.51. The first-order valence-corrected chi connectivity index (χ1v) is 9.51. The average molecular weight is 378 g/mol. The van der Waals surface area contributed by atoms with Crippen LogP contribution in [0.3, 0.4) is 0 Å². The summed E-state index contributed by atoms with van der Waals surface area (Å²) in [5.41, 5.74) is 1.09. The molecule has 2 rings (SSSR count). The van der Waals surface area contributed by atoms with Crippen LogP contribution in [0.25, 0.3) is 0 Å². The predicted molar refractivity (Wildman–Crippen MR) is 101 cm³/mol. The quantitative estimate of drug-likeness (QED) is 0.465. The highest BCUT2D eigenvalue weighted by Gasteiger charge is 2.44. The zero-order valence-corrected chi connectivity index (χ0v) is 16.3. The topological polar surface area (TPSA) is 104 Å². The minimum atomic E-state index is -0.898. The van der Waals surface area contributed by atoms with Gasteiger partial charge in [0.1, 0.15) is 17.5 Å². The summed E-state index contributed by atoms with van der Waals surface area (Å²) in [6, 6.07) is 0. The maximum absolute atomic E-state index is 12.0. The number of carboxylic acid groups (broad SMARTS) is 1. The molecule has 3 atom stereocenters. The van der Waals surface area contributed by atoms with Crippen molar-refractivity contribution >= 4 is 11.8 Å². The van der Waals surface area contributed by atoms with Gasteiger partial charge in [0.15, 0.2) is 5.78 Å². The van der Waals surface area contributed by atoms with Crippen molar-refractivity contribution in [3.8, 4) is 0 Å². The van der Waals surface area contributed by atoms with Crippen LogP contribution < -0.4 is 0 Å². The standard InChI is InChI=1S/C21H30O6/c1-13(6-4-8-14(2)20(25)26)7-5-11-21(3)18(24)12-15-16(22)9-10-17(23)19(15)27-21/h7-8,17-18,23-24H,4-6,9-12H2,1-3H3,(H,25,26)/b13-7?,14-8+/t17-,18+,21+/m1/s1. The van der Waals surface area contributed by atoms with E-state index in [1.54, 1.807) is 13.0 Å². The van der Waals surface area contributed by atoms with E-state index in [0.29, 0.717) is 49.0 Å². The van der Waals surface area contributed by atoms with Crippen molar-refractivity contribution in [2.24, 2.45) is 0 Å². The summed E-state index contributed by atoms with van der Waals surface area (Å²) in [6.07, 6.45) is 5.80. The van der Waals surface area contributed by atoms with Crippen LogP contribution in [-0.4, -0.2) is 44.9 Å². The van der Waals surface area contributed by atoms with Gasteiger partial charge in [0.25, 0.3) is 0 Å². The highest BCUT2D eigenvalue weighted by Crippen LogP contribution is 2.40. The fourth-order valence-corrected chi connectivity index (χ4v) is 3.49. The Balaban J connectivity index is 1.94. The van der Waals surface area contributed by atoms with Crippen LogP contribution >= 0.6 is 0 Å². The molecule has 6 heteroatoms. The van der Waals surface area contributed by atoms with Crippen molar-refractivity contribution in [2.45, 2.75) is 83.5 Å². The second-order valence-electron chi connectivity index (χ2n) is 7.78. The monoisotopic (exact) mass is 378 g/mol. The molecule has 0 saturated carbocycles. The van der Waals surface area contributed by atoms with Gasteiger partial charge in [-0.25, -0.2) is 4.79 Å². The molecule has 150 valence electrons. The number of aliphatic hydroxyl groups excluding tert-OH is 2. The number of carboxylic acids is 1. The molecule has 1 aliphatic heterocycles. The zero-order chi connectivity index (χ0) is 20.2. The average Bonchev–Trinajstić information content (AvgIpc) is 2.60. The van der Waals surface area contributed by atoms with E-state index in [-0.39, 0.29) is 12.2 Å². The van der Waals surface area contributed by atoms with E-state index in [0.717, 1.165) is 12.0 Å². The van der Waals surface area contributed by atoms with E-state index in [4.69, 9.17) is 9.84 Å². The highest BCUT2D eigenvalue weighted by atomic mass is 16.5. The minimum absolute atomic E-state index is 0.0446. The highest BCUT2D eigenvalue weighted by molar-refractivity contribution is 5.97. The number of aliphatic hydroxyl groups is 2. The lowest BCUT2D eigenvalue weighted by Crippen LogP contribution is -2.48. The summed E-state index contributed by atoms with van der Waals surface area (Å²) in [6.45, 7) is 5.39. The van der Waals surface area contributed by atoms with Crippen LogP contribution in [0, 0.1) is 0 Å². The molecule has 0 aromatic heterocycles. The van der Waals surface area contributed by atoms with Crippen LogP contribution in [-0.2, 0) is 14.3 Å². The molecule has 27 heavy (non-hydrogen) atoms. The fourth-order valence-electron chi connectivity index (χ4n) is 3.49. The van der Waals surface area contributed by atoms with E-state index in [2.05, 4.69) is 6.08 Å². The first kappa shape index (κ1) is 21.4. The van der Waals surface area contributed by atoms with E-state index in [1.807, 2.05) is 13.8 Å². The number of Topliss-reactive ketones (excluding diaryl/α,β-unsaturated/α-hetero) is 1. The van der Waals surface area contributed by atoms with E-state index < -0.39 is 23.8 Å². The van der Waals surface area contributed by atoms with E-state index in [1.165, 1.54) is 0 Å². The smallest absolute Gasteiger partial charge is 0.330 e. The number of rotatable bonds is 7. The molecule has 0 aromatic carbocycles. The van der Waals surface area contributed by atoms with Crippen LogP contribution in [0.1, 0.15) is 65.7 Å². The molecule has 0 unspecified atom stereocenters. The van der Waals surface area contributed by atoms with Crippen molar-refractivity contribution < 1.29 is 29.6 Å². The largest absolute Gasteiger partial charge is 0.486 e. The lowest BCUT2D eigenvalue weighted by atomic mass is 9.81. The first-order chi connectivity index (χ1) is 12.6. The number of ketones is 1. The molecule has 0 amide bonds. The van der Waals surface area contributed by atoms with Gasteiger partial charge in [-0.05, 0) is 52.9 Å². The number of hydrogen-bond acceptors (Lipinski definition) is 5. The Morgan fingerprint density at radius 2 is 1.96 bits per heavy atom. The van der Waals surface area contributed by atoms with E-state index >= 15 is 0 Å². The Bertz CT molecular complexity index is 687. The SMILES string of the molecule is CC(=CCC[C@]1(C)OC2=C(C[C@@H]1O)C(=O)CC[C@H]2O)CC/C=C(\C)C(=O)O. The third-order valence-corrected chi connectivity index (χ3v) is 5.49. The molecule has 3 N–H and O–H groups in total. The van der Waals surface area contributed by atoms with Crippen molar-refractivity contribution in [3.63, 3.8) is 0 Å². The Hall–Kier alpha value is -1.92. The van der Waals surface area contributed by atoms with Crippen LogP contribution in [0.2, 0.25) is 0 Å². The lowest BCUT2D eigenvalue weighted by Gasteiger charge is -2.43. The van der Waals surface area contributed by atoms with Gasteiger partial charge in [0.2, 0.25) is 0 Å². The van der Waals surface area contributed by atoms with Gasteiger partial charge in [-0.2, -0.15) is 0 Å². The number of carbonyl (C=O) groups is 2. The maximum Gasteiger partial charge on any atom is 0.330 e. The Labute approximate surface area is 160 Å². The molecule has 0 bridgehead atoms. The number of carbonyl (C=O) groups excluding carboxylic acids is 1. The van der Waals surface area contributed by atoms with Crippen LogP contribution in [0.4, 0.5) is 0 Å². The third-order valence-electron chi connectivity index (χ3n) is 5.49. The van der Waals surface area contributed by atoms with Crippen LogP contribution in [0.15, 0.2) is 34.6 Å². The van der Waals surface area contributed by atoms with Crippen molar-refractivity contribution in [2.75, 3.05) is 0 Å². The Morgan fingerprint density at radius 1 is 1.26 bits per heavy atom. The molecule has 0 radical (unpaired) electrons. The molecule has 0 fully saturated rings. The summed E-state index contributed by atoms with van der Waals surface area (Å²) in [7, 11) is 0. The van der Waals surface area contributed by atoms with Gasteiger partial charge in [-0.1, -0.05) is 17.7 Å².